The van der Waals surface area contributed by atoms with Gasteiger partial charge in [0.15, 0.2) is 0 Å². The highest BCUT2D eigenvalue weighted by Crippen LogP contribution is 2.58. The Morgan fingerprint density at radius 2 is 1.00 bits per heavy atom. The molecule has 0 aromatic heterocycles. The molecule has 5 heteroatoms. The predicted octanol–water partition coefficient (Wildman–Crippen LogP) is 9.79. The molecule has 0 fully saturated rings. The van der Waals surface area contributed by atoms with Gasteiger partial charge in [-0.2, -0.15) is 0 Å². The molecule has 2 aliphatic rings. The average molecular weight is 596 g/mol. The smallest absolute Gasteiger partial charge is 0.262 e. The summed E-state index contributed by atoms with van der Waals surface area (Å²) < 4.78 is 11.0. The number of nitrogens with zero attached hydrogens (tertiary/aromatic N) is 1. The van der Waals surface area contributed by atoms with Crippen molar-refractivity contribution in [2.45, 2.75) is 45.4 Å². The van der Waals surface area contributed by atoms with Crippen LogP contribution < -0.4 is 9.47 Å². The molecule has 5 aromatic rings. The maximum absolute atomic E-state index is 14.6. The zero-order valence-electron chi connectivity index (χ0n) is 26.1. The van der Waals surface area contributed by atoms with Crippen molar-refractivity contribution in [3.63, 3.8) is 0 Å². The van der Waals surface area contributed by atoms with Crippen LogP contribution in [0.25, 0.3) is 55.3 Å². The normalized spacial score (nSPS) is 13.0. The van der Waals surface area contributed by atoms with Crippen LogP contribution >= 0.6 is 0 Å². The van der Waals surface area contributed by atoms with Crippen LogP contribution in [-0.4, -0.2) is 37.5 Å². The molecule has 0 radical (unpaired) electrons. The molecule has 0 atom stereocenters. The molecule has 0 bridgehead atoms. The fourth-order valence-electron chi connectivity index (χ4n) is 7.18. The van der Waals surface area contributed by atoms with Gasteiger partial charge < -0.3 is 9.47 Å². The van der Waals surface area contributed by atoms with Crippen molar-refractivity contribution in [2.24, 2.45) is 0 Å². The minimum Gasteiger partial charge on any atom is -0.497 e. The van der Waals surface area contributed by atoms with Crippen LogP contribution in [0.3, 0.4) is 0 Å². The van der Waals surface area contributed by atoms with E-state index in [4.69, 9.17) is 9.47 Å². The largest absolute Gasteiger partial charge is 0.497 e. The summed E-state index contributed by atoms with van der Waals surface area (Å²) >= 11 is 0. The van der Waals surface area contributed by atoms with E-state index in [1.54, 1.807) is 14.2 Å². The maximum atomic E-state index is 14.6. The van der Waals surface area contributed by atoms with Crippen molar-refractivity contribution in [2.75, 3.05) is 20.8 Å². The number of imide groups is 1. The third-order valence-corrected chi connectivity index (χ3v) is 9.35. The van der Waals surface area contributed by atoms with Gasteiger partial charge in [-0.05, 0) is 74.8 Å². The van der Waals surface area contributed by atoms with Crippen LogP contribution in [0.5, 0.6) is 11.5 Å². The molecule has 5 aromatic carbocycles. The van der Waals surface area contributed by atoms with Gasteiger partial charge in [0.05, 0.1) is 25.3 Å². The first kappa shape index (κ1) is 28.8. The van der Waals surface area contributed by atoms with Crippen molar-refractivity contribution >= 4 is 22.6 Å². The number of hydrogen-bond donors (Lipinski definition) is 0. The molecule has 5 nitrogen and oxygen atoms in total. The zero-order valence-corrected chi connectivity index (χ0v) is 26.1. The Bertz CT molecular complexity index is 1810. The number of carbonyl (C=O) groups excluding carboxylic acids is 2. The maximum Gasteiger partial charge on any atom is 0.262 e. The second-order valence-corrected chi connectivity index (χ2v) is 11.9. The number of ether oxygens (including phenoxy) is 2. The van der Waals surface area contributed by atoms with Crippen LogP contribution in [-0.2, 0) is 0 Å². The molecule has 7 rings (SSSR count). The predicted molar refractivity (Wildman–Crippen MR) is 181 cm³/mol. The molecule has 226 valence electrons. The van der Waals surface area contributed by atoms with Gasteiger partial charge in [0.1, 0.15) is 11.5 Å². The highest BCUT2D eigenvalue weighted by molar-refractivity contribution is 6.33. The molecule has 45 heavy (non-hydrogen) atoms. The van der Waals surface area contributed by atoms with Crippen molar-refractivity contribution in [3.8, 4) is 56.0 Å². The van der Waals surface area contributed by atoms with E-state index in [9.17, 15) is 9.59 Å². The van der Waals surface area contributed by atoms with Gasteiger partial charge in [-0.15, -0.1) is 0 Å². The lowest BCUT2D eigenvalue weighted by molar-refractivity contribution is 0.0652. The lowest BCUT2D eigenvalue weighted by atomic mass is 9.81. The second kappa shape index (κ2) is 11.9. The van der Waals surface area contributed by atoms with Gasteiger partial charge in [0, 0.05) is 17.7 Å². The number of methoxy groups -OCH3 is 2. The van der Waals surface area contributed by atoms with Crippen LogP contribution in [0.15, 0.2) is 84.9 Å². The summed E-state index contributed by atoms with van der Waals surface area (Å²) in [6.07, 6.45) is 6.48. The molecule has 1 aliphatic carbocycles. The van der Waals surface area contributed by atoms with Gasteiger partial charge in [-0.25, -0.2) is 0 Å². The van der Waals surface area contributed by atoms with E-state index in [1.807, 2.05) is 48.5 Å². The minimum atomic E-state index is -0.213. The fraction of sp³-hybridized carbons (Fsp3) is 0.250. The number of amides is 2. The monoisotopic (exact) mass is 595 g/mol. The number of benzene rings is 5. The Kier molecular flexibility index (Phi) is 7.62. The summed E-state index contributed by atoms with van der Waals surface area (Å²) in [6.45, 7) is 2.62. The quantitative estimate of drug-likeness (QED) is 0.111. The number of carbonyl (C=O) groups is 2. The van der Waals surface area contributed by atoms with E-state index in [-0.39, 0.29) is 11.8 Å². The van der Waals surface area contributed by atoms with Crippen molar-refractivity contribution in [1.29, 1.82) is 0 Å². The van der Waals surface area contributed by atoms with Crippen molar-refractivity contribution in [3.05, 3.63) is 96.1 Å². The Hall–Kier alpha value is -4.90. The standard InChI is InChI=1S/C40H37NO4/c1-4-5-6-7-8-9-24-41-39(42)37-33(26-16-20-28(44-2)21-17-26)35-30-14-10-12-25-13-11-15-31(32(25)30)36(35)34(38(37)40(41)43)27-18-22-29(45-3)23-19-27/h10-23H,4-9,24H2,1-3H3. The molecular weight excluding hydrogens is 558 g/mol. The van der Waals surface area contributed by atoms with Crippen LogP contribution in [0, 0.1) is 0 Å². The van der Waals surface area contributed by atoms with Gasteiger partial charge in [0.2, 0.25) is 0 Å². The molecule has 1 heterocycles. The Morgan fingerprint density at radius 3 is 1.47 bits per heavy atom. The Balaban J connectivity index is 1.50. The summed E-state index contributed by atoms with van der Waals surface area (Å²) in [5, 5.41) is 2.28. The zero-order chi connectivity index (χ0) is 31.1. The van der Waals surface area contributed by atoms with E-state index in [2.05, 4.69) is 43.3 Å². The van der Waals surface area contributed by atoms with Crippen LogP contribution in [0.2, 0.25) is 0 Å². The van der Waals surface area contributed by atoms with Crippen molar-refractivity contribution < 1.29 is 19.1 Å². The SMILES string of the molecule is CCCCCCCCN1C(=O)c2c(c(-c3ccc(OC)cc3)c3c(c2-c2ccc(OC)cc2)-c2cccc4cccc-3c24)C1=O. The van der Waals surface area contributed by atoms with E-state index in [0.29, 0.717) is 17.7 Å². The first-order chi connectivity index (χ1) is 22.1. The van der Waals surface area contributed by atoms with E-state index >= 15 is 0 Å². The topological polar surface area (TPSA) is 55.8 Å². The Labute approximate surface area is 264 Å². The summed E-state index contributed by atoms with van der Waals surface area (Å²) in [4.78, 5) is 30.6. The minimum absolute atomic E-state index is 0.213. The number of hydrogen-bond acceptors (Lipinski definition) is 4. The second-order valence-electron chi connectivity index (χ2n) is 11.9. The number of rotatable bonds is 11. The third-order valence-electron chi connectivity index (χ3n) is 9.35. The average Bonchev–Trinajstić information content (AvgIpc) is 3.54. The van der Waals surface area contributed by atoms with Gasteiger partial charge in [-0.3, -0.25) is 14.5 Å². The van der Waals surface area contributed by atoms with E-state index < -0.39 is 0 Å². The van der Waals surface area contributed by atoms with Gasteiger partial charge in [-0.1, -0.05) is 99.7 Å². The van der Waals surface area contributed by atoms with Crippen LogP contribution in [0.1, 0.15) is 66.2 Å². The summed E-state index contributed by atoms with van der Waals surface area (Å²) in [6, 6.07) is 28.4. The van der Waals surface area contributed by atoms with Gasteiger partial charge in [0.25, 0.3) is 11.8 Å². The summed E-state index contributed by atoms with van der Waals surface area (Å²) in [7, 11) is 3.29. The van der Waals surface area contributed by atoms with E-state index in [0.717, 1.165) is 86.0 Å². The molecule has 1 aliphatic heterocycles. The summed E-state index contributed by atoms with van der Waals surface area (Å²) in [5.74, 6) is 1.05. The molecule has 0 saturated carbocycles. The molecule has 0 N–H and O–H groups in total. The lowest BCUT2D eigenvalue weighted by Gasteiger charge is -2.20. The Morgan fingerprint density at radius 1 is 0.533 bits per heavy atom. The molecule has 0 spiro atoms. The van der Waals surface area contributed by atoms with E-state index in [1.165, 1.54) is 24.2 Å². The molecular formula is C40H37NO4. The molecule has 0 unspecified atom stereocenters. The van der Waals surface area contributed by atoms with Gasteiger partial charge >= 0.3 is 0 Å². The summed E-state index contributed by atoms with van der Waals surface area (Å²) in [5.41, 5.74) is 8.54. The lowest BCUT2D eigenvalue weighted by Crippen LogP contribution is -2.30. The fourth-order valence-corrected chi connectivity index (χ4v) is 7.18. The molecule has 0 saturated heterocycles. The number of fused-ring (bicyclic) bond motifs is 4. The number of unbranched alkanes of at least 4 members (excludes halogenated alkanes) is 5. The van der Waals surface area contributed by atoms with Crippen LogP contribution in [0.4, 0.5) is 0 Å². The molecule has 2 amide bonds. The highest BCUT2D eigenvalue weighted by atomic mass is 16.5. The van der Waals surface area contributed by atoms with Crippen molar-refractivity contribution in [1.82, 2.24) is 4.90 Å². The first-order valence-corrected chi connectivity index (χ1v) is 16.0. The third kappa shape index (κ3) is 4.69. The highest BCUT2D eigenvalue weighted by Gasteiger charge is 2.44. The first-order valence-electron chi connectivity index (χ1n) is 16.0.